The van der Waals surface area contributed by atoms with Gasteiger partial charge in [0.05, 0.1) is 19.2 Å². The van der Waals surface area contributed by atoms with Crippen LogP contribution in [-0.2, 0) is 4.79 Å². The highest BCUT2D eigenvalue weighted by Crippen LogP contribution is 2.31. The van der Waals surface area contributed by atoms with Gasteiger partial charge >= 0.3 is 0 Å². The van der Waals surface area contributed by atoms with Crippen molar-refractivity contribution in [3.8, 4) is 17.0 Å². The summed E-state index contributed by atoms with van der Waals surface area (Å²) in [4.78, 5) is 38.8. The smallest absolute Gasteiger partial charge is 0.259 e. The zero-order valence-electron chi connectivity index (χ0n) is 20.9. The molecule has 1 N–H and O–H groups in total. The molecular weight excluding hydrogens is 444 g/mol. The van der Waals surface area contributed by atoms with Crippen LogP contribution in [0.25, 0.3) is 11.1 Å². The van der Waals surface area contributed by atoms with Gasteiger partial charge in [0, 0.05) is 55.1 Å². The molecule has 0 bridgehead atoms. The lowest BCUT2D eigenvalue weighted by molar-refractivity contribution is -0.136. The molecule has 4 rings (SSSR count). The first-order chi connectivity index (χ1) is 16.9. The highest BCUT2D eigenvalue weighted by atomic mass is 16.5. The van der Waals surface area contributed by atoms with E-state index in [1.807, 2.05) is 33.0 Å². The molecule has 2 aromatic heterocycles. The molecule has 2 amide bonds. The molecule has 3 heterocycles. The monoisotopic (exact) mass is 480 g/mol. The highest BCUT2D eigenvalue weighted by molar-refractivity contribution is 5.98. The number of nitrogens with zero attached hydrogens (tertiary/aromatic N) is 4. The van der Waals surface area contributed by atoms with Crippen molar-refractivity contribution in [3.05, 3.63) is 42.4 Å². The molecule has 1 saturated carbocycles. The molecule has 1 aliphatic carbocycles. The van der Waals surface area contributed by atoms with Crippen LogP contribution < -0.4 is 4.74 Å². The van der Waals surface area contributed by atoms with E-state index in [1.165, 1.54) is 6.42 Å². The molecule has 188 valence electrons. The van der Waals surface area contributed by atoms with Crippen molar-refractivity contribution in [2.45, 2.75) is 58.1 Å². The number of aliphatic hydroxyl groups is 1. The summed E-state index contributed by atoms with van der Waals surface area (Å²) in [5, 5.41) is 9.86. The van der Waals surface area contributed by atoms with Crippen molar-refractivity contribution in [3.63, 3.8) is 0 Å². The lowest BCUT2D eigenvalue weighted by Gasteiger charge is -2.38. The molecule has 2 aliphatic rings. The Bertz CT molecular complexity index is 1030. The van der Waals surface area contributed by atoms with Crippen LogP contribution in [0.3, 0.4) is 0 Å². The maximum atomic E-state index is 13.6. The number of hydrogen-bond donors (Lipinski definition) is 1. The van der Waals surface area contributed by atoms with Crippen molar-refractivity contribution in [1.82, 2.24) is 19.8 Å². The van der Waals surface area contributed by atoms with E-state index in [9.17, 15) is 14.7 Å². The SMILES string of the molecule is C[C@H](CO)N1C[C@H](C)[C@@H](CN(C)C(=O)C2CCCCC2)Oc2ncc(-c3cccnc3)cc2C1=O. The number of carbonyl (C=O) groups excluding carboxylic acids is 2. The number of aliphatic hydroxyl groups excluding tert-OH is 1. The summed E-state index contributed by atoms with van der Waals surface area (Å²) in [5.41, 5.74) is 1.96. The molecule has 1 fully saturated rings. The first-order valence-electron chi connectivity index (χ1n) is 12.6. The largest absolute Gasteiger partial charge is 0.472 e. The Morgan fingerprint density at radius 1 is 1.26 bits per heavy atom. The number of rotatable bonds is 6. The first kappa shape index (κ1) is 25.1. The summed E-state index contributed by atoms with van der Waals surface area (Å²) in [7, 11) is 1.84. The molecule has 0 aromatic carbocycles. The van der Waals surface area contributed by atoms with Crippen LogP contribution in [0.15, 0.2) is 36.8 Å². The lowest BCUT2D eigenvalue weighted by atomic mass is 9.88. The molecule has 8 heteroatoms. The van der Waals surface area contributed by atoms with Gasteiger partial charge in [0.15, 0.2) is 0 Å². The second-order valence-electron chi connectivity index (χ2n) is 9.99. The molecule has 8 nitrogen and oxygen atoms in total. The Balaban J connectivity index is 1.64. The zero-order valence-corrected chi connectivity index (χ0v) is 20.9. The fourth-order valence-electron chi connectivity index (χ4n) is 5.03. The van der Waals surface area contributed by atoms with Crippen LogP contribution in [0.4, 0.5) is 0 Å². The van der Waals surface area contributed by atoms with Crippen LogP contribution in [0, 0.1) is 11.8 Å². The Morgan fingerprint density at radius 3 is 2.71 bits per heavy atom. The third-order valence-corrected chi connectivity index (χ3v) is 7.30. The predicted octanol–water partition coefficient (Wildman–Crippen LogP) is 3.40. The number of likely N-dealkylation sites (N-methyl/N-ethyl adjacent to an activating group) is 1. The minimum absolute atomic E-state index is 0.0671. The van der Waals surface area contributed by atoms with Gasteiger partial charge in [0.2, 0.25) is 11.8 Å². The maximum absolute atomic E-state index is 13.6. The second-order valence-corrected chi connectivity index (χ2v) is 9.99. The minimum atomic E-state index is -0.361. The van der Waals surface area contributed by atoms with E-state index in [1.54, 1.807) is 34.5 Å². The van der Waals surface area contributed by atoms with Gasteiger partial charge < -0.3 is 19.6 Å². The Kier molecular flexibility index (Phi) is 8.00. The fraction of sp³-hybridized carbons (Fsp3) is 0.556. The fourth-order valence-corrected chi connectivity index (χ4v) is 5.03. The summed E-state index contributed by atoms with van der Waals surface area (Å²) in [6, 6.07) is 5.17. The predicted molar refractivity (Wildman–Crippen MR) is 133 cm³/mol. The molecule has 35 heavy (non-hydrogen) atoms. The van der Waals surface area contributed by atoms with Gasteiger partial charge in [0.1, 0.15) is 11.7 Å². The van der Waals surface area contributed by atoms with E-state index < -0.39 is 0 Å². The molecular formula is C27H36N4O4. The number of aromatic nitrogens is 2. The van der Waals surface area contributed by atoms with Crippen molar-refractivity contribution in [2.24, 2.45) is 11.8 Å². The van der Waals surface area contributed by atoms with Gasteiger partial charge in [0.25, 0.3) is 5.91 Å². The topological polar surface area (TPSA) is 95.9 Å². The van der Waals surface area contributed by atoms with Gasteiger partial charge in [-0.25, -0.2) is 4.98 Å². The molecule has 0 saturated heterocycles. The number of pyridine rings is 2. The molecule has 2 aromatic rings. The average molecular weight is 481 g/mol. The van der Waals surface area contributed by atoms with E-state index in [4.69, 9.17) is 4.74 Å². The van der Waals surface area contributed by atoms with Crippen LogP contribution in [-0.4, -0.2) is 75.6 Å². The van der Waals surface area contributed by atoms with E-state index in [2.05, 4.69) is 9.97 Å². The summed E-state index contributed by atoms with van der Waals surface area (Å²) in [6.07, 6.45) is 10.1. The zero-order chi connectivity index (χ0) is 24.9. The Labute approximate surface area is 207 Å². The van der Waals surface area contributed by atoms with Crippen LogP contribution in [0.5, 0.6) is 5.88 Å². The third kappa shape index (κ3) is 5.64. The molecule has 0 radical (unpaired) electrons. The lowest BCUT2D eigenvalue weighted by Crippen LogP contribution is -2.51. The Morgan fingerprint density at radius 2 is 2.03 bits per heavy atom. The van der Waals surface area contributed by atoms with Crippen LogP contribution in [0.2, 0.25) is 0 Å². The van der Waals surface area contributed by atoms with Crippen molar-refractivity contribution in [1.29, 1.82) is 0 Å². The summed E-state index contributed by atoms with van der Waals surface area (Å²) in [6.45, 7) is 4.53. The molecule has 3 atom stereocenters. The summed E-state index contributed by atoms with van der Waals surface area (Å²) in [5.74, 6) is 0.212. The van der Waals surface area contributed by atoms with Crippen molar-refractivity contribution >= 4 is 11.8 Å². The van der Waals surface area contributed by atoms with Gasteiger partial charge in [-0.05, 0) is 31.9 Å². The maximum Gasteiger partial charge on any atom is 0.259 e. The number of ether oxygens (including phenoxy) is 1. The van der Waals surface area contributed by atoms with E-state index in [-0.39, 0.29) is 48.3 Å². The van der Waals surface area contributed by atoms with Crippen LogP contribution in [0.1, 0.15) is 56.3 Å². The number of fused-ring (bicyclic) bond motifs is 1. The van der Waals surface area contributed by atoms with Gasteiger partial charge in [-0.2, -0.15) is 0 Å². The van der Waals surface area contributed by atoms with E-state index in [0.717, 1.165) is 36.8 Å². The van der Waals surface area contributed by atoms with Crippen molar-refractivity contribution in [2.75, 3.05) is 26.7 Å². The third-order valence-electron chi connectivity index (χ3n) is 7.30. The number of carbonyl (C=O) groups is 2. The molecule has 0 unspecified atom stereocenters. The van der Waals surface area contributed by atoms with Crippen LogP contribution >= 0.6 is 0 Å². The van der Waals surface area contributed by atoms with Gasteiger partial charge in [-0.1, -0.05) is 32.3 Å². The van der Waals surface area contributed by atoms with Gasteiger partial charge in [-0.15, -0.1) is 0 Å². The average Bonchev–Trinajstić information content (AvgIpc) is 2.90. The minimum Gasteiger partial charge on any atom is -0.472 e. The second kappa shape index (κ2) is 11.2. The number of hydrogen-bond acceptors (Lipinski definition) is 6. The first-order valence-corrected chi connectivity index (χ1v) is 12.6. The quantitative estimate of drug-likeness (QED) is 0.681. The normalized spacial score (nSPS) is 21.9. The molecule has 0 spiro atoms. The highest BCUT2D eigenvalue weighted by Gasteiger charge is 2.35. The Hall–Kier alpha value is -3.00. The van der Waals surface area contributed by atoms with E-state index >= 15 is 0 Å². The molecule has 1 aliphatic heterocycles. The van der Waals surface area contributed by atoms with Gasteiger partial charge in [-0.3, -0.25) is 14.6 Å². The number of amides is 2. The standard InChI is InChI=1S/C27H36N4O4/c1-18-15-31(19(2)17-32)27(34)23-12-22(21-10-7-11-28-13-21)14-29-25(23)35-24(18)16-30(3)26(33)20-8-5-4-6-9-20/h7,10-14,18-20,24,32H,4-6,8-9,15-17H2,1-3H3/t18-,19+,24+/m0/s1. The summed E-state index contributed by atoms with van der Waals surface area (Å²) >= 11 is 0. The van der Waals surface area contributed by atoms with Crippen molar-refractivity contribution < 1.29 is 19.4 Å². The summed E-state index contributed by atoms with van der Waals surface area (Å²) < 4.78 is 6.35. The van der Waals surface area contributed by atoms with E-state index in [0.29, 0.717) is 18.7 Å².